The van der Waals surface area contributed by atoms with Gasteiger partial charge in [-0.05, 0) is 44.6 Å². The molecule has 2 fully saturated rings. The lowest BCUT2D eigenvalue weighted by molar-refractivity contribution is -0.0371. The van der Waals surface area contributed by atoms with E-state index in [4.69, 9.17) is 4.74 Å². The molecule has 1 saturated carbocycles. The van der Waals surface area contributed by atoms with Gasteiger partial charge in [-0.25, -0.2) is 41.2 Å². The van der Waals surface area contributed by atoms with Crippen molar-refractivity contribution in [2.45, 2.75) is 57.6 Å². The van der Waals surface area contributed by atoms with Crippen LogP contribution in [0.2, 0.25) is 0 Å². The zero-order valence-corrected chi connectivity index (χ0v) is 23.4. The molecule has 0 amide bonds. The fourth-order valence-electron chi connectivity index (χ4n) is 4.99. The second-order valence-corrected chi connectivity index (χ2v) is 12.3. The van der Waals surface area contributed by atoms with Crippen LogP contribution < -0.4 is 4.72 Å². The number of carbonyl (C=O) groups is 1. The van der Waals surface area contributed by atoms with Crippen molar-refractivity contribution in [3.63, 3.8) is 0 Å². The van der Waals surface area contributed by atoms with Gasteiger partial charge in [0.25, 0.3) is 0 Å². The highest BCUT2D eigenvalue weighted by molar-refractivity contribution is 7.92. The van der Waals surface area contributed by atoms with Gasteiger partial charge in [0, 0.05) is 48.3 Å². The van der Waals surface area contributed by atoms with Crippen LogP contribution in [0.4, 0.5) is 18.9 Å². The summed E-state index contributed by atoms with van der Waals surface area (Å²) in [7, 11) is -4.16. The lowest BCUT2D eigenvalue weighted by atomic mass is 10.0. The molecule has 1 unspecified atom stereocenters. The van der Waals surface area contributed by atoms with Crippen LogP contribution in [-0.2, 0) is 14.8 Å². The minimum absolute atomic E-state index is 0.169. The van der Waals surface area contributed by atoms with E-state index in [-0.39, 0.29) is 29.2 Å². The number of anilines is 1. The van der Waals surface area contributed by atoms with E-state index in [9.17, 15) is 17.6 Å². The number of nitrogens with zero attached hydrogens (tertiary/aromatic N) is 5. The van der Waals surface area contributed by atoms with Crippen LogP contribution in [0.15, 0.2) is 30.7 Å². The van der Waals surface area contributed by atoms with E-state index in [0.29, 0.717) is 30.1 Å². The maximum Gasteiger partial charge on any atom is 0.232 e. The molecule has 14 heteroatoms. The van der Waals surface area contributed by atoms with E-state index in [1.807, 2.05) is 0 Å². The Bertz CT molecular complexity index is 1790. The van der Waals surface area contributed by atoms with Crippen LogP contribution in [0.5, 0.6) is 0 Å². The summed E-state index contributed by atoms with van der Waals surface area (Å²) in [5.74, 6) is -5.21. The molecule has 1 aliphatic heterocycles. The number of rotatable bonds is 9. The number of ketones is 1. The number of hydrogen-bond acceptors (Lipinski definition) is 8. The van der Waals surface area contributed by atoms with Crippen LogP contribution in [0.3, 0.4) is 0 Å². The smallest absolute Gasteiger partial charge is 0.232 e. The van der Waals surface area contributed by atoms with Crippen molar-refractivity contribution in [2.24, 2.45) is 0 Å². The maximum absolute atomic E-state index is 15.6. The standard InChI is InChI=1S/C28H27F3N6O4S/c1-2-9-42(39,40)36-25-20(30)11-19(29)22(23(25)31)26(38)24-18-10-16(17-13-32-27(33-14-17)15-6-7-15)12-34-28(18)37(35-24)21-5-3-4-8-41-21/h10-15,21,36H,2-9H2,1H3. The second-order valence-electron chi connectivity index (χ2n) is 10.5. The average molecular weight is 601 g/mol. The van der Waals surface area contributed by atoms with Gasteiger partial charge >= 0.3 is 0 Å². The molecule has 1 N–H and O–H groups in total. The van der Waals surface area contributed by atoms with Gasteiger partial charge in [-0.3, -0.25) is 9.52 Å². The van der Waals surface area contributed by atoms with E-state index in [2.05, 4.69) is 20.1 Å². The molecule has 4 heterocycles. The Morgan fingerprint density at radius 1 is 1.02 bits per heavy atom. The van der Waals surface area contributed by atoms with E-state index in [1.165, 1.54) is 4.68 Å². The summed E-state index contributed by atoms with van der Waals surface area (Å²) in [5, 5.41) is 4.57. The van der Waals surface area contributed by atoms with Crippen LogP contribution in [0.1, 0.15) is 79.5 Å². The molecule has 3 aromatic heterocycles. The molecular weight excluding hydrogens is 573 g/mol. The SMILES string of the molecule is CCCS(=O)(=O)Nc1c(F)cc(F)c(C(=O)c2nn(C3CCCCO3)c3ncc(-c4cnc(C5CC5)nc4)cc23)c1F. The number of benzene rings is 1. The highest BCUT2D eigenvalue weighted by atomic mass is 32.2. The number of hydrogen-bond donors (Lipinski definition) is 1. The van der Waals surface area contributed by atoms with Crippen LogP contribution in [0.25, 0.3) is 22.2 Å². The lowest BCUT2D eigenvalue weighted by Crippen LogP contribution is -2.21. The Morgan fingerprint density at radius 2 is 1.76 bits per heavy atom. The van der Waals surface area contributed by atoms with Crippen LogP contribution in [-0.4, -0.2) is 51.3 Å². The summed E-state index contributed by atoms with van der Waals surface area (Å²) in [6.07, 6.45) is 8.79. The molecule has 4 aromatic rings. The second kappa shape index (κ2) is 11.1. The number of ether oxygens (including phenoxy) is 1. The predicted molar refractivity (Wildman–Crippen MR) is 147 cm³/mol. The first-order valence-electron chi connectivity index (χ1n) is 13.7. The van der Waals surface area contributed by atoms with Gasteiger partial charge in [0.2, 0.25) is 15.8 Å². The monoisotopic (exact) mass is 600 g/mol. The molecule has 220 valence electrons. The Labute approximate surface area is 239 Å². The molecule has 1 aromatic carbocycles. The zero-order chi connectivity index (χ0) is 29.6. The van der Waals surface area contributed by atoms with Gasteiger partial charge in [-0.15, -0.1) is 0 Å². The minimum atomic E-state index is -4.16. The minimum Gasteiger partial charge on any atom is -0.356 e. The Morgan fingerprint density at radius 3 is 2.43 bits per heavy atom. The van der Waals surface area contributed by atoms with E-state index in [1.54, 1.807) is 36.3 Å². The van der Waals surface area contributed by atoms with Gasteiger partial charge < -0.3 is 4.74 Å². The third-order valence-electron chi connectivity index (χ3n) is 7.27. The number of halogens is 3. The topological polar surface area (TPSA) is 129 Å². The number of sulfonamides is 1. The van der Waals surface area contributed by atoms with E-state index < -0.39 is 56.5 Å². The lowest BCUT2D eigenvalue weighted by Gasteiger charge is -2.23. The van der Waals surface area contributed by atoms with Gasteiger partial charge in [0.15, 0.2) is 23.5 Å². The number of carbonyl (C=O) groups excluding carboxylic acids is 1. The highest BCUT2D eigenvalue weighted by Gasteiger charge is 2.32. The molecule has 6 rings (SSSR count). The highest BCUT2D eigenvalue weighted by Crippen LogP contribution is 2.38. The van der Waals surface area contributed by atoms with Crippen molar-refractivity contribution < 1.29 is 31.1 Å². The summed E-state index contributed by atoms with van der Waals surface area (Å²) >= 11 is 0. The molecule has 1 aliphatic carbocycles. The van der Waals surface area contributed by atoms with Crippen LogP contribution >= 0.6 is 0 Å². The number of pyridine rings is 1. The number of aromatic nitrogens is 5. The summed E-state index contributed by atoms with van der Waals surface area (Å²) in [5.41, 5.74) is -1.24. The van der Waals surface area contributed by atoms with Crippen molar-refractivity contribution in [3.8, 4) is 11.1 Å². The van der Waals surface area contributed by atoms with Gasteiger partial charge in [0.1, 0.15) is 23.0 Å². The molecular formula is C28H27F3N6O4S. The predicted octanol–water partition coefficient (Wildman–Crippen LogP) is 5.26. The first-order chi connectivity index (χ1) is 20.2. The third-order valence-corrected chi connectivity index (χ3v) is 8.73. The van der Waals surface area contributed by atoms with Gasteiger partial charge in [-0.1, -0.05) is 6.92 Å². The van der Waals surface area contributed by atoms with E-state index >= 15 is 8.78 Å². The summed E-state index contributed by atoms with van der Waals surface area (Å²) < 4.78 is 78.8. The summed E-state index contributed by atoms with van der Waals surface area (Å²) in [6, 6.07) is 1.87. The van der Waals surface area contributed by atoms with Crippen molar-refractivity contribution in [1.82, 2.24) is 24.7 Å². The fourth-order valence-corrected chi connectivity index (χ4v) is 6.13. The van der Waals surface area contributed by atoms with Crippen molar-refractivity contribution >= 4 is 32.5 Å². The Kier molecular flexibility index (Phi) is 7.43. The number of fused-ring (bicyclic) bond motifs is 1. The van der Waals surface area contributed by atoms with E-state index in [0.717, 1.165) is 31.5 Å². The van der Waals surface area contributed by atoms with Crippen molar-refractivity contribution in [2.75, 3.05) is 17.1 Å². The molecule has 0 radical (unpaired) electrons. The molecule has 0 bridgehead atoms. The first kappa shape index (κ1) is 28.2. The largest absolute Gasteiger partial charge is 0.356 e. The molecule has 1 atom stereocenters. The van der Waals surface area contributed by atoms with Crippen LogP contribution in [0, 0.1) is 17.5 Å². The Hall–Kier alpha value is -3.91. The molecule has 1 saturated heterocycles. The molecule has 42 heavy (non-hydrogen) atoms. The average Bonchev–Trinajstić information content (AvgIpc) is 3.76. The molecule has 0 spiro atoms. The number of nitrogens with one attached hydrogen (secondary N) is 1. The third kappa shape index (κ3) is 5.36. The van der Waals surface area contributed by atoms with Crippen molar-refractivity contribution in [3.05, 3.63) is 65.3 Å². The van der Waals surface area contributed by atoms with Crippen molar-refractivity contribution in [1.29, 1.82) is 0 Å². The summed E-state index contributed by atoms with van der Waals surface area (Å²) in [4.78, 5) is 27.2. The normalized spacial score (nSPS) is 17.5. The molecule has 2 aliphatic rings. The van der Waals surface area contributed by atoms with Gasteiger partial charge in [-0.2, -0.15) is 5.10 Å². The zero-order valence-electron chi connectivity index (χ0n) is 22.6. The molecule has 10 nitrogen and oxygen atoms in total. The van der Waals surface area contributed by atoms with Gasteiger partial charge in [0.05, 0.1) is 16.7 Å². The summed E-state index contributed by atoms with van der Waals surface area (Å²) in [6.45, 7) is 2.03. The fraction of sp³-hybridized carbons (Fsp3) is 0.393. The maximum atomic E-state index is 15.6. The quantitative estimate of drug-likeness (QED) is 0.258. The first-order valence-corrected chi connectivity index (χ1v) is 15.4. The Balaban J connectivity index is 1.47.